The lowest BCUT2D eigenvalue weighted by molar-refractivity contribution is -0.116. The van der Waals surface area contributed by atoms with Crippen molar-refractivity contribution < 1.29 is 13.6 Å². The first-order valence-electron chi connectivity index (χ1n) is 7.33. The van der Waals surface area contributed by atoms with Crippen LogP contribution in [-0.4, -0.2) is 34.2 Å². The van der Waals surface area contributed by atoms with Crippen molar-refractivity contribution in [3.63, 3.8) is 0 Å². The molecule has 0 N–H and O–H groups in total. The first kappa shape index (κ1) is 15.3. The van der Waals surface area contributed by atoms with E-state index in [0.717, 1.165) is 16.3 Å². The van der Waals surface area contributed by atoms with Crippen LogP contribution >= 0.6 is 23.5 Å². The minimum absolute atomic E-state index is 0.0329. The molecule has 2 aromatic heterocycles. The van der Waals surface area contributed by atoms with Gasteiger partial charge < -0.3 is 13.7 Å². The number of thioether (sulfide) groups is 2. The summed E-state index contributed by atoms with van der Waals surface area (Å²) in [6.45, 7) is 0.711. The van der Waals surface area contributed by atoms with Gasteiger partial charge in [-0.2, -0.15) is 0 Å². The first-order chi connectivity index (χ1) is 11.8. The number of nitrogens with zero attached hydrogens (tertiary/aromatic N) is 3. The third kappa shape index (κ3) is 3.07. The summed E-state index contributed by atoms with van der Waals surface area (Å²) in [6, 6.07) is 11.5. The molecule has 4 rings (SSSR count). The van der Waals surface area contributed by atoms with Gasteiger partial charge in [-0.3, -0.25) is 4.79 Å². The van der Waals surface area contributed by atoms with Gasteiger partial charge in [0.1, 0.15) is 0 Å². The van der Waals surface area contributed by atoms with Crippen molar-refractivity contribution >= 4 is 35.1 Å². The van der Waals surface area contributed by atoms with Crippen molar-refractivity contribution in [2.45, 2.75) is 10.1 Å². The van der Waals surface area contributed by atoms with E-state index in [1.54, 1.807) is 30.2 Å². The number of anilines is 1. The summed E-state index contributed by atoms with van der Waals surface area (Å²) in [6.07, 6.45) is 1.54. The van der Waals surface area contributed by atoms with Crippen LogP contribution in [0.2, 0.25) is 0 Å². The lowest BCUT2D eigenvalue weighted by atomic mass is 10.3. The average molecular weight is 359 g/mol. The number of furan rings is 1. The zero-order valence-electron chi connectivity index (χ0n) is 12.5. The predicted molar refractivity (Wildman–Crippen MR) is 92.2 cm³/mol. The fourth-order valence-electron chi connectivity index (χ4n) is 2.40. The van der Waals surface area contributed by atoms with Crippen LogP contribution in [0.5, 0.6) is 0 Å². The highest BCUT2D eigenvalue weighted by Crippen LogP contribution is 2.35. The Labute approximate surface area is 146 Å². The molecule has 0 atom stereocenters. The molecule has 0 saturated carbocycles. The summed E-state index contributed by atoms with van der Waals surface area (Å²) in [5.41, 5.74) is 0.973. The summed E-state index contributed by atoms with van der Waals surface area (Å²) in [5, 5.41) is 8.23. The van der Waals surface area contributed by atoms with Gasteiger partial charge in [0.15, 0.2) is 5.76 Å². The summed E-state index contributed by atoms with van der Waals surface area (Å²) in [4.78, 5) is 15.5. The van der Waals surface area contributed by atoms with Gasteiger partial charge in [-0.15, -0.1) is 22.0 Å². The van der Waals surface area contributed by atoms with Gasteiger partial charge in [-0.1, -0.05) is 23.9 Å². The van der Waals surface area contributed by atoms with Crippen molar-refractivity contribution in [3.8, 4) is 11.7 Å². The van der Waals surface area contributed by atoms with Gasteiger partial charge in [0.05, 0.1) is 17.7 Å². The van der Waals surface area contributed by atoms with E-state index in [1.165, 1.54) is 11.8 Å². The molecule has 0 bridgehead atoms. The topological polar surface area (TPSA) is 72.4 Å². The molecule has 1 aliphatic rings. The number of carbonyl (C=O) groups excluding carboxylic acids is 1. The van der Waals surface area contributed by atoms with Gasteiger partial charge in [0, 0.05) is 17.2 Å². The summed E-state index contributed by atoms with van der Waals surface area (Å²) >= 11 is 3.01. The number of rotatable bonds is 4. The van der Waals surface area contributed by atoms with Gasteiger partial charge in [0.2, 0.25) is 5.91 Å². The van der Waals surface area contributed by atoms with Crippen molar-refractivity contribution in [3.05, 3.63) is 42.7 Å². The van der Waals surface area contributed by atoms with E-state index in [0.29, 0.717) is 23.4 Å². The van der Waals surface area contributed by atoms with Crippen LogP contribution in [0, 0.1) is 0 Å². The number of benzene rings is 1. The second kappa shape index (κ2) is 6.74. The number of carbonyl (C=O) groups is 1. The van der Waals surface area contributed by atoms with Gasteiger partial charge in [-0.05, 0) is 24.3 Å². The molecule has 0 spiro atoms. The molecule has 1 aliphatic heterocycles. The van der Waals surface area contributed by atoms with Crippen LogP contribution in [0.3, 0.4) is 0 Å². The summed E-state index contributed by atoms with van der Waals surface area (Å²) < 4.78 is 10.7. The van der Waals surface area contributed by atoms with E-state index >= 15 is 0 Å². The molecule has 6 nitrogen and oxygen atoms in total. The largest absolute Gasteiger partial charge is 0.459 e. The molecular weight excluding hydrogens is 346 g/mol. The molecule has 0 unspecified atom stereocenters. The highest BCUT2D eigenvalue weighted by molar-refractivity contribution is 8.00. The lowest BCUT2D eigenvalue weighted by Crippen LogP contribution is -2.36. The quantitative estimate of drug-likeness (QED) is 0.660. The van der Waals surface area contributed by atoms with E-state index in [1.807, 2.05) is 29.2 Å². The van der Waals surface area contributed by atoms with Crippen molar-refractivity contribution in [2.24, 2.45) is 0 Å². The second-order valence-corrected chi connectivity index (χ2v) is 7.06. The minimum atomic E-state index is 0.0329. The molecule has 3 aromatic rings. The number of hydrogen-bond donors (Lipinski definition) is 0. The fraction of sp³-hybridized carbons (Fsp3) is 0.188. The van der Waals surface area contributed by atoms with Crippen LogP contribution in [0.15, 0.2) is 61.6 Å². The summed E-state index contributed by atoms with van der Waals surface area (Å²) in [5.74, 6) is 2.01. The van der Waals surface area contributed by atoms with Crippen LogP contribution in [0.1, 0.15) is 0 Å². The SMILES string of the molecule is O=C(CSc1nnc(-c2ccco2)o1)N1CCSc2ccccc21. The Balaban J connectivity index is 1.43. The van der Waals surface area contributed by atoms with Crippen molar-refractivity contribution in [2.75, 3.05) is 23.0 Å². The van der Waals surface area contributed by atoms with E-state index < -0.39 is 0 Å². The van der Waals surface area contributed by atoms with Crippen LogP contribution in [0.4, 0.5) is 5.69 Å². The molecule has 8 heteroatoms. The maximum Gasteiger partial charge on any atom is 0.284 e. The number of hydrogen-bond acceptors (Lipinski definition) is 7. The molecule has 1 aromatic carbocycles. The third-order valence-corrected chi connectivity index (χ3v) is 5.33. The number of amides is 1. The molecule has 3 heterocycles. The molecule has 122 valence electrons. The highest BCUT2D eigenvalue weighted by atomic mass is 32.2. The van der Waals surface area contributed by atoms with Gasteiger partial charge in [-0.25, -0.2) is 0 Å². The number of fused-ring (bicyclic) bond motifs is 1. The molecule has 24 heavy (non-hydrogen) atoms. The Morgan fingerprint density at radius 2 is 2.17 bits per heavy atom. The van der Waals surface area contributed by atoms with Crippen LogP contribution in [0.25, 0.3) is 11.7 Å². The monoisotopic (exact) mass is 359 g/mol. The van der Waals surface area contributed by atoms with E-state index in [4.69, 9.17) is 8.83 Å². The number of para-hydroxylation sites is 1. The molecule has 0 radical (unpaired) electrons. The Hall–Kier alpha value is -2.19. The molecule has 1 amide bonds. The van der Waals surface area contributed by atoms with Gasteiger partial charge in [0.25, 0.3) is 11.1 Å². The first-order valence-corrected chi connectivity index (χ1v) is 9.31. The lowest BCUT2D eigenvalue weighted by Gasteiger charge is -2.28. The molecule has 0 saturated heterocycles. The van der Waals surface area contributed by atoms with E-state index in [9.17, 15) is 4.79 Å². The normalized spacial score (nSPS) is 13.8. The smallest absolute Gasteiger partial charge is 0.284 e. The Bertz CT molecular complexity index is 848. The van der Waals surface area contributed by atoms with E-state index in [-0.39, 0.29) is 11.7 Å². The van der Waals surface area contributed by atoms with Crippen molar-refractivity contribution in [1.82, 2.24) is 10.2 Å². The zero-order valence-corrected chi connectivity index (χ0v) is 14.2. The van der Waals surface area contributed by atoms with E-state index in [2.05, 4.69) is 10.2 Å². The Morgan fingerprint density at radius 3 is 3.04 bits per heavy atom. The molecule has 0 fully saturated rings. The van der Waals surface area contributed by atoms with Gasteiger partial charge >= 0.3 is 0 Å². The highest BCUT2D eigenvalue weighted by Gasteiger charge is 2.23. The predicted octanol–water partition coefficient (Wildman–Crippen LogP) is 3.56. The zero-order chi connectivity index (χ0) is 16.4. The minimum Gasteiger partial charge on any atom is -0.459 e. The summed E-state index contributed by atoms with van der Waals surface area (Å²) in [7, 11) is 0. The fourth-order valence-corrected chi connectivity index (χ4v) is 4.03. The molecular formula is C16H13N3O3S2. The second-order valence-electron chi connectivity index (χ2n) is 5.00. The Morgan fingerprint density at radius 1 is 1.25 bits per heavy atom. The van der Waals surface area contributed by atoms with Crippen LogP contribution < -0.4 is 4.90 Å². The maximum atomic E-state index is 12.6. The number of aromatic nitrogens is 2. The standard InChI is InChI=1S/C16H13N3O3S2/c20-14(19-7-9-23-13-6-2-1-4-11(13)19)10-24-16-18-17-15(22-16)12-5-3-8-21-12/h1-6,8H,7,9-10H2. The average Bonchev–Trinajstić information content (AvgIpc) is 3.30. The maximum absolute atomic E-state index is 12.6. The van der Waals surface area contributed by atoms with Crippen LogP contribution in [-0.2, 0) is 4.79 Å². The third-order valence-electron chi connectivity index (χ3n) is 3.49. The molecule has 0 aliphatic carbocycles. The van der Waals surface area contributed by atoms with Crippen molar-refractivity contribution in [1.29, 1.82) is 0 Å². The Kier molecular flexibility index (Phi) is 4.31.